The summed E-state index contributed by atoms with van der Waals surface area (Å²) in [6.45, 7) is 9.86. The van der Waals surface area contributed by atoms with E-state index < -0.39 is 6.10 Å². The van der Waals surface area contributed by atoms with Crippen LogP contribution in [-0.4, -0.2) is 24.8 Å². The molecule has 1 rings (SSSR count). The Kier molecular flexibility index (Phi) is 6.47. The molecule has 0 amide bonds. The van der Waals surface area contributed by atoms with Crippen molar-refractivity contribution in [1.29, 1.82) is 0 Å². The number of hydrogen-bond donors (Lipinski definition) is 2. The van der Waals surface area contributed by atoms with E-state index >= 15 is 0 Å². The van der Waals surface area contributed by atoms with Gasteiger partial charge in [-0.2, -0.15) is 0 Å². The molecule has 0 aliphatic rings. The second-order valence-electron chi connectivity index (χ2n) is 4.53. The minimum atomic E-state index is -0.466. The number of rotatable bonds is 8. The van der Waals surface area contributed by atoms with Crippen LogP contribution in [0, 0.1) is 0 Å². The molecule has 3 heteroatoms. The van der Waals surface area contributed by atoms with Gasteiger partial charge >= 0.3 is 0 Å². The van der Waals surface area contributed by atoms with Gasteiger partial charge in [-0.1, -0.05) is 25.6 Å². The maximum Gasteiger partial charge on any atom is 0.119 e. The third kappa shape index (κ3) is 5.34. The van der Waals surface area contributed by atoms with Crippen LogP contribution in [0.25, 0.3) is 0 Å². The van der Waals surface area contributed by atoms with Gasteiger partial charge in [0.15, 0.2) is 0 Å². The second-order valence-corrected chi connectivity index (χ2v) is 4.53. The predicted octanol–water partition coefficient (Wildman–Crippen LogP) is 2.67. The van der Waals surface area contributed by atoms with Crippen LogP contribution in [0.15, 0.2) is 36.4 Å². The topological polar surface area (TPSA) is 41.5 Å². The lowest BCUT2D eigenvalue weighted by Gasteiger charge is -2.12. The van der Waals surface area contributed by atoms with E-state index in [1.165, 1.54) is 0 Å². The highest BCUT2D eigenvalue weighted by Crippen LogP contribution is 2.17. The molecule has 0 heterocycles. The van der Waals surface area contributed by atoms with E-state index in [4.69, 9.17) is 4.74 Å². The molecule has 1 unspecified atom stereocenters. The lowest BCUT2D eigenvalue weighted by molar-refractivity contribution is 0.175. The number of ether oxygens (including phenoxy) is 1. The summed E-state index contributed by atoms with van der Waals surface area (Å²) in [5.41, 5.74) is 1.89. The van der Waals surface area contributed by atoms with Gasteiger partial charge in [-0.25, -0.2) is 0 Å². The number of benzene rings is 1. The summed E-state index contributed by atoms with van der Waals surface area (Å²) in [6.07, 6.45) is 0.604. The highest BCUT2D eigenvalue weighted by atomic mass is 16.5. The monoisotopic (exact) mass is 249 g/mol. The fourth-order valence-corrected chi connectivity index (χ4v) is 1.53. The van der Waals surface area contributed by atoms with Gasteiger partial charge in [0.05, 0.1) is 6.10 Å². The SMILES string of the molecule is C=C(C)COc1ccc(C(O)CNCCC)cc1. The van der Waals surface area contributed by atoms with Crippen molar-refractivity contribution in [3.05, 3.63) is 42.0 Å². The predicted molar refractivity (Wildman–Crippen MR) is 74.9 cm³/mol. The van der Waals surface area contributed by atoms with Gasteiger partial charge in [-0.3, -0.25) is 0 Å². The molecule has 2 N–H and O–H groups in total. The molecule has 0 aliphatic heterocycles. The molecule has 0 bridgehead atoms. The van der Waals surface area contributed by atoms with Gasteiger partial charge in [0.1, 0.15) is 12.4 Å². The molecule has 1 aromatic carbocycles. The van der Waals surface area contributed by atoms with E-state index in [1.54, 1.807) is 0 Å². The first kappa shape index (κ1) is 14.7. The zero-order valence-corrected chi connectivity index (χ0v) is 11.3. The van der Waals surface area contributed by atoms with Gasteiger partial charge < -0.3 is 15.2 Å². The van der Waals surface area contributed by atoms with Gasteiger partial charge in [0, 0.05) is 6.54 Å². The number of aliphatic hydroxyl groups is 1. The van der Waals surface area contributed by atoms with Crippen molar-refractivity contribution in [3.63, 3.8) is 0 Å². The second kappa shape index (κ2) is 7.90. The smallest absolute Gasteiger partial charge is 0.119 e. The van der Waals surface area contributed by atoms with E-state index in [9.17, 15) is 5.11 Å². The first-order valence-corrected chi connectivity index (χ1v) is 6.39. The molecule has 18 heavy (non-hydrogen) atoms. The fourth-order valence-electron chi connectivity index (χ4n) is 1.53. The normalized spacial score (nSPS) is 12.2. The van der Waals surface area contributed by atoms with E-state index in [1.807, 2.05) is 31.2 Å². The van der Waals surface area contributed by atoms with Crippen LogP contribution in [0.4, 0.5) is 0 Å². The fraction of sp³-hybridized carbons (Fsp3) is 0.467. The Morgan fingerprint density at radius 1 is 1.39 bits per heavy atom. The first-order valence-electron chi connectivity index (χ1n) is 6.39. The molecular weight excluding hydrogens is 226 g/mol. The maximum atomic E-state index is 9.94. The Labute approximate surface area is 109 Å². The molecule has 100 valence electrons. The van der Waals surface area contributed by atoms with E-state index in [2.05, 4.69) is 18.8 Å². The molecule has 0 aromatic heterocycles. The molecule has 0 aliphatic carbocycles. The van der Waals surface area contributed by atoms with Crippen molar-refractivity contribution in [2.45, 2.75) is 26.4 Å². The van der Waals surface area contributed by atoms with Crippen molar-refractivity contribution in [2.75, 3.05) is 19.7 Å². The van der Waals surface area contributed by atoms with Crippen LogP contribution >= 0.6 is 0 Å². The highest BCUT2D eigenvalue weighted by molar-refractivity contribution is 5.29. The van der Waals surface area contributed by atoms with Gasteiger partial charge in [-0.15, -0.1) is 0 Å². The summed E-state index contributed by atoms with van der Waals surface area (Å²) in [6, 6.07) is 7.54. The zero-order valence-electron chi connectivity index (χ0n) is 11.3. The van der Waals surface area contributed by atoms with Gasteiger partial charge in [0.25, 0.3) is 0 Å². The Bertz CT molecular complexity index is 359. The summed E-state index contributed by atoms with van der Waals surface area (Å²) in [5.74, 6) is 0.801. The molecule has 3 nitrogen and oxygen atoms in total. The zero-order chi connectivity index (χ0) is 13.4. The third-order valence-electron chi connectivity index (χ3n) is 2.51. The van der Waals surface area contributed by atoms with Crippen LogP contribution in [0.2, 0.25) is 0 Å². The van der Waals surface area contributed by atoms with E-state index in [-0.39, 0.29) is 0 Å². The maximum absolute atomic E-state index is 9.94. The molecule has 1 aromatic rings. The average Bonchev–Trinajstić information content (AvgIpc) is 2.37. The van der Waals surface area contributed by atoms with Crippen LogP contribution in [0.5, 0.6) is 5.75 Å². The molecule has 0 radical (unpaired) electrons. The quantitative estimate of drug-likeness (QED) is 0.550. The molecule has 0 saturated heterocycles. The summed E-state index contributed by atoms with van der Waals surface area (Å²) in [5, 5.41) is 13.1. The van der Waals surface area contributed by atoms with Crippen LogP contribution in [-0.2, 0) is 0 Å². The Morgan fingerprint density at radius 2 is 2.06 bits per heavy atom. The van der Waals surface area contributed by atoms with Crippen molar-refractivity contribution in [3.8, 4) is 5.75 Å². The standard InChI is InChI=1S/C15H23NO2/c1-4-9-16-10-15(17)13-5-7-14(8-6-13)18-11-12(2)3/h5-8,15-17H,2,4,9-11H2,1,3H3. The summed E-state index contributed by atoms with van der Waals surface area (Å²) in [4.78, 5) is 0. The van der Waals surface area contributed by atoms with Crippen LogP contribution < -0.4 is 10.1 Å². The Hall–Kier alpha value is -1.32. The van der Waals surface area contributed by atoms with Gasteiger partial charge in [0.2, 0.25) is 0 Å². The summed E-state index contributed by atoms with van der Waals surface area (Å²) in [7, 11) is 0. The van der Waals surface area contributed by atoms with Crippen LogP contribution in [0.1, 0.15) is 31.9 Å². The van der Waals surface area contributed by atoms with E-state index in [0.717, 1.165) is 29.9 Å². The number of hydrogen-bond acceptors (Lipinski definition) is 3. The van der Waals surface area contributed by atoms with Gasteiger partial charge in [-0.05, 0) is 43.2 Å². The lowest BCUT2D eigenvalue weighted by Crippen LogP contribution is -2.22. The Morgan fingerprint density at radius 3 is 2.61 bits per heavy atom. The molecule has 0 spiro atoms. The largest absolute Gasteiger partial charge is 0.489 e. The minimum absolute atomic E-state index is 0.466. The number of aliphatic hydroxyl groups excluding tert-OH is 1. The first-order chi connectivity index (χ1) is 8.63. The van der Waals surface area contributed by atoms with Crippen molar-refractivity contribution < 1.29 is 9.84 Å². The minimum Gasteiger partial charge on any atom is -0.489 e. The van der Waals surface area contributed by atoms with Crippen molar-refractivity contribution in [2.24, 2.45) is 0 Å². The van der Waals surface area contributed by atoms with Crippen molar-refractivity contribution >= 4 is 0 Å². The summed E-state index contributed by atoms with van der Waals surface area (Å²) >= 11 is 0. The summed E-state index contributed by atoms with van der Waals surface area (Å²) < 4.78 is 5.50. The third-order valence-corrected chi connectivity index (χ3v) is 2.51. The highest BCUT2D eigenvalue weighted by Gasteiger charge is 2.06. The molecular formula is C15H23NO2. The van der Waals surface area contributed by atoms with Crippen LogP contribution in [0.3, 0.4) is 0 Å². The Balaban J connectivity index is 2.45. The molecule has 0 saturated carbocycles. The number of nitrogens with one attached hydrogen (secondary N) is 1. The molecule has 0 fully saturated rings. The molecule has 1 atom stereocenters. The average molecular weight is 249 g/mol. The van der Waals surface area contributed by atoms with E-state index in [0.29, 0.717) is 13.2 Å². The van der Waals surface area contributed by atoms with Crippen molar-refractivity contribution in [1.82, 2.24) is 5.32 Å². The lowest BCUT2D eigenvalue weighted by atomic mass is 10.1.